The second-order valence-corrected chi connectivity index (χ2v) is 4.06. The van der Waals surface area contributed by atoms with E-state index < -0.39 is 0 Å². The second kappa shape index (κ2) is 4.55. The van der Waals surface area contributed by atoms with E-state index >= 15 is 0 Å². The van der Waals surface area contributed by atoms with Crippen molar-refractivity contribution in [3.8, 4) is 11.4 Å². The van der Waals surface area contributed by atoms with Crippen molar-refractivity contribution >= 4 is 15.9 Å². The summed E-state index contributed by atoms with van der Waals surface area (Å²) in [5.41, 5.74) is 6.55. The van der Waals surface area contributed by atoms with Gasteiger partial charge in [-0.15, -0.1) is 10.2 Å². The molecular formula is C10H11BrN4. The zero-order valence-corrected chi connectivity index (χ0v) is 9.68. The molecule has 0 fully saturated rings. The lowest BCUT2D eigenvalue weighted by Gasteiger charge is -2.04. The van der Waals surface area contributed by atoms with Crippen LogP contribution in [0.2, 0.25) is 0 Å². The Labute approximate surface area is 96.3 Å². The third-order valence-electron chi connectivity index (χ3n) is 2.07. The highest BCUT2D eigenvalue weighted by Crippen LogP contribution is 2.20. The van der Waals surface area contributed by atoms with Gasteiger partial charge < -0.3 is 10.3 Å². The molecule has 0 radical (unpaired) electrons. The summed E-state index contributed by atoms with van der Waals surface area (Å²) < 4.78 is 2.98. The Balaban J connectivity index is 2.40. The molecule has 0 saturated carbocycles. The predicted octanol–water partition coefficient (Wildman–Crippen LogP) is 1.67. The van der Waals surface area contributed by atoms with E-state index in [1.165, 1.54) is 0 Å². The fraction of sp³-hybridized carbons (Fsp3) is 0.200. The molecule has 4 nitrogen and oxygen atoms in total. The van der Waals surface area contributed by atoms with Gasteiger partial charge in [0.05, 0.1) is 0 Å². The minimum Gasteiger partial charge on any atom is -0.329 e. The number of benzene rings is 1. The maximum Gasteiger partial charge on any atom is 0.163 e. The lowest BCUT2D eigenvalue weighted by atomic mass is 10.2. The van der Waals surface area contributed by atoms with E-state index in [0.29, 0.717) is 6.54 Å². The molecule has 15 heavy (non-hydrogen) atoms. The highest BCUT2D eigenvalue weighted by molar-refractivity contribution is 9.10. The number of hydrogen-bond donors (Lipinski definition) is 1. The summed E-state index contributed by atoms with van der Waals surface area (Å²) in [6.07, 6.45) is 1.70. The van der Waals surface area contributed by atoms with E-state index in [2.05, 4.69) is 26.1 Å². The molecule has 0 bridgehead atoms. The van der Waals surface area contributed by atoms with Crippen molar-refractivity contribution < 1.29 is 0 Å². The summed E-state index contributed by atoms with van der Waals surface area (Å²) in [4.78, 5) is 0. The summed E-state index contributed by atoms with van der Waals surface area (Å²) in [6.45, 7) is 1.31. The predicted molar refractivity (Wildman–Crippen MR) is 62.2 cm³/mol. The maximum atomic E-state index is 5.51. The van der Waals surface area contributed by atoms with Gasteiger partial charge in [0, 0.05) is 23.1 Å². The third-order valence-corrected chi connectivity index (χ3v) is 2.56. The van der Waals surface area contributed by atoms with Crippen LogP contribution < -0.4 is 5.73 Å². The van der Waals surface area contributed by atoms with Crippen LogP contribution in [0.5, 0.6) is 0 Å². The average Bonchev–Trinajstić information content (AvgIpc) is 2.66. The molecule has 1 heterocycles. The molecule has 5 heteroatoms. The standard InChI is InChI=1S/C10H11BrN4/c11-9-3-1-2-8(6-9)10-14-13-7-15(10)5-4-12/h1-3,6-7H,4-5,12H2. The summed E-state index contributed by atoms with van der Waals surface area (Å²) in [7, 11) is 0. The van der Waals surface area contributed by atoms with Crippen LogP contribution in [-0.4, -0.2) is 21.3 Å². The first kappa shape index (κ1) is 10.3. The molecule has 0 saturated heterocycles. The van der Waals surface area contributed by atoms with Gasteiger partial charge in [-0.05, 0) is 12.1 Å². The van der Waals surface area contributed by atoms with Crippen molar-refractivity contribution in [3.05, 3.63) is 35.1 Å². The molecule has 0 spiro atoms. The third kappa shape index (κ3) is 2.24. The van der Waals surface area contributed by atoms with E-state index in [1.807, 2.05) is 28.8 Å². The fourth-order valence-corrected chi connectivity index (χ4v) is 1.81. The monoisotopic (exact) mass is 266 g/mol. The molecule has 1 aromatic heterocycles. The molecule has 0 aliphatic heterocycles. The highest BCUT2D eigenvalue weighted by atomic mass is 79.9. The topological polar surface area (TPSA) is 56.7 Å². The minimum absolute atomic E-state index is 0.582. The zero-order valence-electron chi connectivity index (χ0n) is 8.10. The van der Waals surface area contributed by atoms with E-state index in [-0.39, 0.29) is 0 Å². The first-order valence-electron chi connectivity index (χ1n) is 4.65. The molecule has 1 aromatic carbocycles. The Hall–Kier alpha value is -1.20. The number of hydrogen-bond acceptors (Lipinski definition) is 3. The number of rotatable bonds is 3. The summed E-state index contributed by atoms with van der Waals surface area (Å²) in [5.74, 6) is 0.849. The van der Waals surface area contributed by atoms with Crippen LogP contribution >= 0.6 is 15.9 Å². The molecule has 2 N–H and O–H groups in total. The van der Waals surface area contributed by atoms with Gasteiger partial charge in [0.2, 0.25) is 0 Å². The molecule has 0 aliphatic rings. The summed E-state index contributed by atoms with van der Waals surface area (Å²) >= 11 is 3.43. The molecular weight excluding hydrogens is 256 g/mol. The Morgan fingerprint density at radius 1 is 1.40 bits per heavy atom. The first-order chi connectivity index (χ1) is 7.31. The molecule has 0 aliphatic carbocycles. The number of nitrogens with two attached hydrogens (primary N) is 1. The van der Waals surface area contributed by atoms with E-state index in [4.69, 9.17) is 5.73 Å². The number of nitrogens with zero attached hydrogens (tertiary/aromatic N) is 3. The van der Waals surface area contributed by atoms with Gasteiger partial charge in [-0.1, -0.05) is 28.1 Å². The molecule has 0 unspecified atom stereocenters. The highest BCUT2D eigenvalue weighted by Gasteiger charge is 2.06. The van der Waals surface area contributed by atoms with Gasteiger partial charge in [-0.2, -0.15) is 0 Å². The Kier molecular flexibility index (Phi) is 3.13. The van der Waals surface area contributed by atoms with Gasteiger partial charge in [-0.3, -0.25) is 0 Å². The SMILES string of the molecule is NCCn1cnnc1-c1cccc(Br)c1. The van der Waals surface area contributed by atoms with Crippen molar-refractivity contribution in [3.63, 3.8) is 0 Å². The summed E-state index contributed by atoms with van der Waals surface area (Å²) in [6, 6.07) is 7.97. The second-order valence-electron chi connectivity index (χ2n) is 3.15. The van der Waals surface area contributed by atoms with E-state index in [1.54, 1.807) is 6.33 Å². The Morgan fingerprint density at radius 3 is 3.00 bits per heavy atom. The average molecular weight is 267 g/mol. The van der Waals surface area contributed by atoms with E-state index in [9.17, 15) is 0 Å². The Morgan fingerprint density at radius 2 is 2.27 bits per heavy atom. The maximum absolute atomic E-state index is 5.51. The normalized spacial score (nSPS) is 10.5. The lowest BCUT2D eigenvalue weighted by molar-refractivity contribution is 0.712. The largest absolute Gasteiger partial charge is 0.329 e. The zero-order chi connectivity index (χ0) is 10.7. The number of aromatic nitrogens is 3. The van der Waals surface area contributed by atoms with Crippen molar-refractivity contribution in [1.29, 1.82) is 0 Å². The van der Waals surface area contributed by atoms with Gasteiger partial charge in [0.25, 0.3) is 0 Å². The van der Waals surface area contributed by atoms with Crippen LogP contribution in [0.4, 0.5) is 0 Å². The summed E-state index contributed by atoms with van der Waals surface area (Å²) in [5, 5.41) is 7.97. The van der Waals surface area contributed by atoms with Crippen LogP contribution in [0.15, 0.2) is 35.1 Å². The van der Waals surface area contributed by atoms with Gasteiger partial charge in [0.1, 0.15) is 6.33 Å². The van der Waals surface area contributed by atoms with Crippen molar-refractivity contribution in [2.45, 2.75) is 6.54 Å². The smallest absolute Gasteiger partial charge is 0.163 e. The molecule has 78 valence electrons. The molecule has 2 rings (SSSR count). The fourth-order valence-electron chi connectivity index (χ4n) is 1.41. The van der Waals surface area contributed by atoms with Crippen LogP contribution in [0.3, 0.4) is 0 Å². The van der Waals surface area contributed by atoms with Crippen LogP contribution in [0, 0.1) is 0 Å². The van der Waals surface area contributed by atoms with Crippen LogP contribution in [-0.2, 0) is 6.54 Å². The van der Waals surface area contributed by atoms with Gasteiger partial charge in [0.15, 0.2) is 5.82 Å². The Bertz CT molecular complexity index is 452. The van der Waals surface area contributed by atoms with E-state index in [0.717, 1.165) is 22.4 Å². The molecule has 2 aromatic rings. The molecule has 0 atom stereocenters. The van der Waals surface area contributed by atoms with Gasteiger partial charge >= 0.3 is 0 Å². The van der Waals surface area contributed by atoms with Crippen LogP contribution in [0.25, 0.3) is 11.4 Å². The lowest BCUT2D eigenvalue weighted by Crippen LogP contribution is -2.10. The quantitative estimate of drug-likeness (QED) is 0.920. The van der Waals surface area contributed by atoms with Crippen LogP contribution in [0.1, 0.15) is 0 Å². The molecule has 0 amide bonds. The number of halogens is 1. The minimum atomic E-state index is 0.582. The van der Waals surface area contributed by atoms with Crippen molar-refractivity contribution in [2.75, 3.05) is 6.54 Å². The van der Waals surface area contributed by atoms with Crippen molar-refractivity contribution in [1.82, 2.24) is 14.8 Å². The van der Waals surface area contributed by atoms with Gasteiger partial charge in [-0.25, -0.2) is 0 Å². The first-order valence-corrected chi connectivity index (χ1v) is 5.44. The van der Waals surface area contributed by atoms with Crippen molar-refractivity contribution in [2.24, 2.45) is 5.73 Å².